The van der Waals surface area contributed by atoms with Gasteiger partial charge in [0.1, 0.15) is 17.2 Å². The summed E-state index contributed by atoms with van der Waals surface area (Å²) in [6.45, 7) is 2.55. The molecule has 0 saturated heterocycles. The first kappa shape index (κ1) is 23.5. The summed E-state index contributed by atoms with van der Waals surface area (Å²) in [4.78, 5) is 24.2. The molecular formula is C26H27N3O4. The summed E-state index contributed by atoms with van der Waals surface area (Å²) in [5, 5.41) is 6.51. The van der Waals surface area contributed by atoms with Crippen molar-refractivity contribution in [3.8, 4) is 17.2 Å². The Balaban J connectivity index is 1.42. The first-order valence-corrected chi connectivity index (χ1v) is 10.8. The number of carbonyl (C=O) groups excluding carboxylic acids is 2. The van der Waals surface area contributed by atoms with Crippen molar-refractivity contribution in [1.29, 1.82) is 0 Å². The highest BCUT2D eigenvalue weighted by molar-refractivity contribution is 5.96. The van der Waals surface area contributed by atoms with E-state index in [-0.39, 0.29) is 12.5 Å². The molecule has 7 heteroatoms. The first-order chi connectivity index (χ1) is 16.1. The smallest absolute Gasteiger partial charge is 0.259 e. The molecule has 0 radical (unpaired) electrons. The van der Waals surface area contributed by atoms with Crippen LogP contribution in [0.2, 0.25) is 0 Å². The van der Waals surface area contributed by atoms with Crippen LogP contribution in [0, 0.1) is 0 Å². The maximum absolute atomic E-state index is 12.2. The predicted octanol–water partition coefficient (Wildman–Crippen LogP) is 4.54. The Hall–Kier alpha value is -4.13. The number of amides is 2. The Morgan fingerprint density at radius 2 is 1.67 bits per heavy atom. The summed E-state index contributed by atoms with van der Waals surface area (Å²) < 4.78 is 11.4. The Labute approximate surface area is 193 Å². The van der Waals surface area contributed by atoms with Crippen LogP contribution in [0.15, 0.2) is 84.0 Å². The summed E-state index contributed by atoms with van der Waals surface area (Å²) in [7, 11) is 0. The van der Waals surface area contributed by atoms with Gasteiger partial charge in [-0.05, 0) is 60.5 Å². The average molecular weight is 446 g/mol. The lowest BCUT2D eigenvalue weighted by molar-refractivity contribution is -0.120. The van der Waals surface area contributed by atoms with Gasteiger partial charge in [-0.3, -0.25) is 9.59 Å². The Morgan fingerprint density at radius 1 is 0.909 bits per heavy atom. The summed E-state index contributed by atoms with van der Waals surface area (Å²) >= 11 is 0. The molecule has 0 spiro atoms. The number of rotatable bonds is 11. The third-order valence-corrected chi connectivity index (χ3v) is 4.53. The van der Waals surface area contributed by atoms with Crippen LogP contribution in [0.3, 0.4) is 0 Å². The maximum Gasteiger partial charge on any atom is 0.259 e. The van der Waals surface area contributed by atoms with Gasteiger partial charge in [0.25, 0.3) is 11.8 Å². The molecule has 3 aromatic carbocycles. The van der Waals surface area contributed by atoms with Gasteiger partial charge in [-0.1, -0.05) is 43.7 Å². The lowest BCUT2D eigenvalue weighted by Gasteiger charge is -2.07. The van der Waals surface area contributed by atoms with Crippen LogP contribution in [0.1, 0.15) is 35.7 Å². The zero-order chi connectivity index (χ0) is 23.3. The van der Waals surface area contributed by atoms with Crippen molar-refractivity contribution < 1.29 is 19.1 Å². The predicted molar refractivity (Wildman–Crippen MR) is 128 cm³/mol. The van der Waals surface area contributed by atoms with Crippen molar-refractivity contribution in [3.63, 3.8) is 0 Å². The second-order valence-corrected chi connectivity index (χ2v) is 7.19. The van der Waals surface area contributed by atoms with E-state index in [1.165, 1.54) is 6.21 Å². The van der Waals surface area contributed by atoms with Gasteiger partial charge in [0.2, 0.25) is 0 Å². The normalized spacial score (nSPS) is 10.6. The lowest BCUT2D eigenvalue weighted by Crippen LogP contribution is -2.34. The van der Waals surface area contributed by atoms with Crippen molar-refractivity contribution >= 4 is 18.0 Å². The lowest BCUT2D eigenvalue weighted by atomic mass is 10.2. The molecule has 0 saturated carbocycles. The molecule has 0 aliphatic carbocycles. The van der Waals surface area contributed by atoms with Gasteiger partial charge in [0.05, 0.1) is 19.4 Å². The second kappa shape index (κ2) is 12.7. The van der Waals surface area contributed by atoms with E-state index in [0.29, 0.717) is 23.7 Å². The standard InChI is InChI=1S/C26H27N3O4/c1-2-3-16-32-22-14-12-21(13-15-22)26(31)27-19-25(30)29-28-18-20-8-7-11-24(17-20)33-23-9-5-4-6-10-23/h4-15,17-18H,2-3,16,19H2,1H3,(H,27,31)(H,29,30)/b28-18+. The fourth-order valence-electron chi connectivity index (χ4n) is 2.80. The molecular weight excluding hydrogens is 418 g/mol. The topological polar surface area (TPSA) is 89.0 Å². The van der Waals surface area contributed by atoms with E-state index in [0.717, 1.165) is 24.2 Å². The minimum atomic E-state index is -0.434. The minimum Gasteiger partial charge on any atom is -0.494 e. The number of unbranched alkanes of at least 4 members (excludes halogenated alkanes) is 1. The molecule has 0 atom stereocenters. The van der Waals surface area contributed by atoms with Crippen LogP contribution in [-0.4, -0.2) is 31.2 Å². The Morgan fingerprint density at radius 3 is 2.42 bits per heavy atom. The summed E-state index contributed by atoms with van der Waals surface area (Å²) in [5.41, 5.74) is 3.61. The highest BCUT2D eigenvalue weighted by Crippen LogP contribution is 2.21. The molecule has 3 rings (SSSR count). The van der Waals surface area contributed by atoms with Crippen LogP contribution in [-0.2, 0) is 4.79 Å². The molecule has 0 aromatic heterocycles. The molecule has 0 fully saturated rings. The maximum atomic E-state index is 12.2. The largest absolute Gasteiger partial charge is 0.494 e. The minimum absolute atomic E-state index is 0.192. The molecule has 3 aromatic rings. The molecule has 0 heterocycles. The van der Waals surface area contributed by atoms with Crippen molar-refractivity contribution in [1.82, 2.24) is 10.7 Å². The highest BCUT2D eigenvalue weighted by atomic mass is 16.5. The molecule has 0 bridgehead atoms. The van der Waals surface area contributed by atoms with Crippen LogP contribution < -0.4 is 20.2 Å². The van der Waals surface area contributed by atoms with Crippen molar-refractivity contribution in [2.24, 2.45) is 5.10 Å². The van der Waals surface area contributed by atoms with E-state index in [4.69, 9.17) is 9.47 Å². The molecule has 7 nitrogen and oxygen atoms in total. The third kappa shape index (κ3) is 8.14. The number of carbonyl (C=O) groups is 2. The molecule has 0 aliphatic rings. The van der Waals surface area contributed by atoms with Gasteiger partial charge in [0.15, 0.2) is 0 Å². The van der Waals surface area contributed by atoms with E-state index in [9.17, 15) is 9.59 Å². The number of nitrogens with one attached hydrogen (secondary N) is 2. The quantitative estimate of drug-likeness (QED) is 0.258. The van der Waals surface area contributed by atoms with Crippen LogP contribution in [0.25, 0.3) is 0 Å². The Kier molecular flexibility index (Phi) is 9.03. The fraction of sp³-hybridized carbons (Fsp3) is 0.192. The number of ether oxygens (including phenoxy) is 2. The second-order valence-electron chi connectivity index (χ2n) is 7.19. The summed E-state index contributed by atoms with van der Waals surface area (Å²) in [6, 6.07) is 23.6. The Bertz CT molecular complexity index is 1070. The molecule has 2 N–H and O–H groups in total. The van der Waals surface area contributed by atoms with E-state index >= 15 is 0 Å². The van der Waals surface area contributed by atoms with Gasteiger partial charge < -0.3 is 14.8 Å². The van der Waals surface area contributed by atoms with E-state index in [1.807, 2.05) is 48.5 Å². The molecule has 2 amide bonds. The zero-order valence-electron chi connectivity index (χ0n) is 18.5. The van der Waals surface area contributed by atoms with E-state index < -0.39 is 5.91 Å². The van der Waals surface area contributed by atoms with Gasteiger partial charge >= 0.3 is 0 Å². The van der Waals surface area contributed by atoms with Gasteiger partial charge in [-0.25, -0.2) is 5.43 Å². The number of hydrazone groups is 1. The van der Waals surface area contributed by atoms with Crippen molar-refractivity contribution in [3.05, 3.63) is 90.0 Å². The van der Waals surface area contributed by atoms with E-state index in [1.54, 1.807) is 30.3 Å². The highest BCUT2D eigenvalue weighted by Gasteiger charge is 2.08. The van der Waals surface area contributed by atoms with Crippen LogP contribution in [0.4, 0.5) is 0 Å². The number of hydrogen-bond acceptors (Lipinski definition) is 5. The summed E-state index contributed by atoms with van der Waals surface area (Å²) in [5.74, 6) is 1.32. The number of para-hydroxylation sites is 1. The molecule has 170 valence electrons. The SMILES string of the molecule is CCCCOc1ccc(C(=O)NCC(=O)N/N=C/c2cccc(Oc3ccccc3)c2)cc1. The summed E-state index contributed by atoms with van der Waals surface area (Å²) in [6.07, 6.45) is 3.54. The van der Waals surface area contributed by atoms with Crippen molar-refractivity contribution in [2.45, 2.75) is 19.8 Å². The zero-order valence-corrected chi connectivity index (χ0v) is 18.5. The van der Waals surface area contributed by atoms with Crippen LogP contribution >= 0.6 is 0 Å². The first-order valence-electron chi connectivity index (χ1n) is 10.8. The number of benzene rings is 3. The van der Waals surface area contributed by atoms with Crippen molar-refractivity contribution in [2.75, 3.05) is 13.2 Å². The van der Waals surface area contributed by atoms with Gasteiger partial charge in [-0.2, -0.15) is 5.10 Å². The average Bonchev–Trinajstić information content (AvgIpc) is 2.84. The number of nitrogens with zero attached hydrogens (tertiary/aromatic N) is 1. The fourth-order valence-corrected chi connectivity index (χ4v) is 2.80. The molecule has 0 unspecified atom stereocenters. The van der Waals surface area contributed by atoms with E-state index in [2.05, 4.69) is 22.8 Å². The van der Waals surface area contributed by atoms with Gasteiger partial charge in [0, 0.05) is 5.56 Å². The number of hydrogen-bond donors (Lipinski definition) is 2. The van der Waals surface area contributed by atoms with Gasteiger partial charge in [-0.15, -0.1) is 0 Å². The monoisotopic (exact) mass is 445 g/mol. The van der Waals surface area contributed by atoms with Crippen LogP contribution in [0.5, 0.6) is 17.2 Å². The molecule has 33 heavy (non-hydrogen) atoms. The third-order valence-electron chi connectivity index (χ3n) is 4.53. The molecule has 0 aliphatic heterocycles.